The third-order valence-corrected chi connectivity index (χ3v) is 5.05. The molecular weight excluding hydrogens is 260 g/mol. The molecule has 21 heavy (non-hydrogen) atoms. The molecule has 3 heteroatoms. The number of benzene rings is 1. The molecule has 0 aromatic heterocycles. The zero-order chi connectivity index (χ0) is 14.5. The Morgan fingerprint density at radius 3 is 3.05 bits per heavy atom. The zero-order valence-corrected chi connectivity index (χ0v) is 13.2. The Morgan fingerprint density at radius 1 is 1.24 bits per heavy atom. The van der Waals surface area contributed by atoms with Crippen LogP contribution in [-0.4, -0.2) is 37.7 Å². The lowest BCUT2D eigenvalue weighted by Crippen LogP contribution is -2.37. The molecule has 3 nitrogen and oxygen atoms in total. The van der Waals surface area contributed by atoms with E-state index in [-0.39, 0.29) is 0 Å². The Bertz CT molecular complexity index is 449. The molecule has 0 spiro atoms. The van der Waals surface area contributed by atoms with Gasteiger partial charge in [0.1, 0.15) is 12.4 Å². The number of likely N-dealkylation sites (tertiary alicyclic amines) is 1. The Morgan fingerprint density at radius 2 is 2.14 bits per heavy atom. The molecule has 2 atom stereocenters. The van der Waals surface area contributed by atoms with Crippen LogP contribution >= 0.6 is 0 Å². The number of hydrogen-bond acceptors (Lipinski definition) is 3. The van der Waals surface area contributed by atoms with Gasteiger partial charge in [0.2, 0.25) is 0 Å². The minimum Gasteiger partial charge on any atom is -0.492 e. The molecule has 2 fully saturated rings. The van der Waals surface area contributed by atoms with Gasteiger partial charge in [-0.2, -0.15) is 0 Å². The van der Waals surface area contributed by atoms with E-state index in [1.807, 2.05) is 7.05 Å². The maximum absolute atomic E-state index is 5.97. The van der Waals surface area contributed by atoms with Gasteiger partial charge in [0.05, 0.1) is 0 Å². The molecule has 1 heterocycles. The van der Waals surface area contributed by atoms with E-state index in [4.69, 9.17) is 4.74 Å². The molecular formula is C18H28N2O. The number of rotatable bonds is 6. The van der Waals surface area contributed by atoms with Crippen molar-refractivity contribution < 1.29 is 4.74 Å². The number of fused-ring (bicyclic) bond motifs is 1. The predicted molar refractivity (Wildman–Crippen MR) is 86.6 cm³/mol. The van der Waals surface area contributed by atoms with Crippen molar-refractivity contribution in [3.63, 3.8) is 0 Å². The number of hydrogen-bond donors (Lipinski definition) is 1. The maximum Gasteiger partial charge on any atom is 0.119 e. The summed E-state index contributed by atoms with van der Waals surface area (Å²) >= 11 is 0. The normalized spacial score (nSPS) is 25.8. The van der Waals surface area contributed by atoms with Gasteiger partial charge in [0.15, 0.2) is 0 Å². The second-order valence-corrected chi connectivity index (χ2v) is 6.46. The van der Waals surface area contributed by atoms with Gasteiger partial charge in [-0.15, -0.1) is 0 Å². The highest BCUT2D eigenvalue weighted by Gasteiger charge is 2.35. The topological polar surface area (TPSA) is 24.5 Å². The molecule has 1 aliphatic carbocycles. The van der Waals surface area contributed by atoms with Crippen molar-refractivity contribution in [3.8, 4) is 5.75 Å². The molecule has 1 saturated carbocycles. The molecule has 1 aromatic carbocycles. The highest BCUT2D eigenvalue weighted by atomic mass is 16.5. The molecule has 1 saturated heterocycles. The number of nitrogens with one attached hydrogen (secondary N) is 1. The highest BCUT2D eigenvalue weighted by Crippen LogP contribution is 2.35. The molecule has 0 bridgehead atoms. The summed E-state index contributed by atoms with van der Waals surface area (Å²) in [4.78, 5) is 2.67. The smallest absolute Gasteiger partial charge is 0.119 e. The first-order chi connectivity index (χ1) is 10.4. The van der Waals surface area contributed by atoms with Crippen molar-refractivity contribution in [2.24, 2.45) is 5.92 Å². The van der Waals surface area contributed by atoms with Crippen LogP contribution in [0.1, 0.15) is 37.7 Å². The van der Waals surface area contributed by atoms with Crippen LogP contribution in [0.2, 0.25) is 0 Å². The summed E-state index contributed by atoms with van der Waals surface area (Å²) in [5.41, 5.74) is 1.28. The lowest BCUT2D eigenvalue weighted by molar-refractivity contribution is 0.154. The summed E-state index contributed by atoms with van der Waals surface area (Å²) in [7, 11) is 1.97. The van der Waals surface area contributed by atoms with Crippen molar-refractivity contribution >= 4 is 0 Å². The predicted octanol–water partition coefficient (Wildman–Crippen LogP) is 3.05. The third kappa shape index (κ3) is 3.78. The van der Waals surface area contributed by atoms with Crippen LogP contribution in [0.25, 0.3) is 0 Å². The van der Waals surface area contributed by atoms with Crippen LogP contribution in [0.4, 0.5) is 0 Å². The van der Waals surface area contributed by atoms with E-state index in [1.165, 1.54) is 44.2 Å². The minimum absolute atomic E-state index is 0.812. The molecule has 1 aliphatic heterocycles. The maximum atomic E-state index is 5.97. The van der Waals surface area contributed by atoms with Gasteiger partial charge in [0.25, 0.3) is 0 Å². The molecule has 116 valence electrons. The van der Waals surface area contributed by atoms with Crippen molar-refractivity contribution in [3.05, 3.63) is 29.8 Å². The number of ether oxygens (including phenoxy) is 1. The number of nitrogens with zero attached hydrogens (tertiary/aromatic N) is 1. The molecule has 0 radical (unpaired) electrons. The van der Waals surface area contributed by atoms with Gasteiger partial charge in [0, 0.05) is 19.1 Å². The van der Waals surface area contributed by atoms with Crippen LogP contribution < -0.4 is 10.1 Å². The lowest BCUT2D eigenvalue weighted by Gasteiger charge is -2.31. The summed E-state index contributed by atoms with van der Waals surface area (Å²) in [6.45, 7) is 4.06. The van der Waals surface area contributed by atoms with Crippen LogP contribution in [0.3, 0.4) is 0 Å². The summed E-state index contributed by atoms with van der Waals surface area (Å²) in [5, 5.41) is 3.18. The average molecular weight is 288 g/mol. The summed E-state index contributed by atoms with van der Waals surface area (Å²) < 4.78 is 5.97. The third-order valence-electron chi connectivity index (χ3n) is 5.05. The fourth-order valence-corrected chi connectivity index (χ4v) is 4.01. The van der Waals surface area contributed by atoms with Gasteiger partial charge < -0.3 is 10.1 Å². The quantitative estimate of drug-likeness (QED) is 0.871. The SMILES string of the molecule is CNCc1cccc(OCCN2CCC3CCCCC32)c1. The van der Waals surface area contributed by atoms with Gasteiger partial charge in [-0.25, -0.2) is 0 Å². The summed E-state index contributed by atoms with van der Waals surface area (Å²) in [6, 6.07) is 9.26. The Balaban J connectivity index is 1.46. The Hall–Kier alpha value is -1.06. The molecule has 0 amide bonds. The van der Waals surface area contributed by atoms with Gasteiger partial charge >= 0.3 is 0 Å². The van der Waals surface area contributed by atoms with E-state index in [0.717, 1.165) is 37.4 Å². The van der Waals surface area contributed by atoms with Crippen molar-refractivity contribution in [2.45, 2.75) is 44.7 Å². The summed E-state index contributed by atoms with van der Waals surface area (Å²) in [6.07, 6.45) is 7.13. The van der Waals surface area contributed by atoms with Crippen LogP contribution in [0.15, 0.2) is 24.3 Å². The van der Waals surface area contributed by atoms with Crippen LogP contribution in [0, 0.1) is 5.92 Å². The second-order valence-electron chi connectivity index (χ2n) is 6.46. The monoisotopic (exact) mass is 288 g/mol. The van der Waals surface area contributed by atoms with E-state index in [2.05, 4.69) is 34.5 Å². The average Bonchev–Trinajstić information content (AvgIpc) is 2.92. The van der Waals surface area contributed by atoms with Crippen LogP contribution in [0.5, 0.6) is 5.75 Å². The Kier molecular flexibility index (Phi) is 5.15. The van der Waals surface area contributed by atoms with E-state index in [9.17, 15) is 0 Å². The molecule has 1 aromatic rings. The molecule has 2 unspecified atom stereocenters. The largest absolute Gasteiger partial charge is 0.492 e. The lowest BCUT2D eigenvalue weighted by atomic mass is 9.85. The Labute approximate surface area is 128 Å². The zero-order valence-electron chi connectivity index (χ0n) is 13.2. The van der Waals surface area contributed by atoms with Gasteiger partial charge in [-0.05, 0) is 56.5 Å². The van der Waals surface area contributed by atoms with Gasteiger partial charge in [-0.1, -0.05) is 25.0 Å². The molecule has 2 aliphatic rings. The van der Waals surface area contributed by atoms with E-state index < -0.39 is 0 Å². The minimum atomic E-state index is 0.812. The van der Waals surface area contributed by atoms with E-state index >= 15 is 0 Å². The second kappa shape index (κ2) is 7.28. The van der Waals surface area contributed by atoms with Crippen molar-refractivity contribution in [1.82, 2.24) is 10.2 Å². The first kappa shape index (κ1) is 14.9. The summed E-state index contributed by atoms with van der Waals surface area (Å²) in [5.74, 6) is 1.97. The van der Waals surface area contributed by atoms with Crippen molar-refractivity contribution in [2.75, 3.05) is 26.7 Å². The van der Waals surface area contributed by atoms with Gasteiger partial charge in [-0.3, -0.25) is 4.90 Å². The first-order valence-electron chi connectivity index (χ1n) is 8.47. The highest BCUT2D eigenvalue weighted by molar-refractivity contribution is 5.28. The fraction of sp³-hybridized carbons (Fsp3) is 0.667. The molecule has 3 rings (SSSR count). The standard InChI is InChI=1S/C18H28N2O/c1-19-14-15-5-4-7-17(13-15)21-12-11-20-10-9-16-6-2-3-8-18(16)20/h4-5,7,13,16,18-19H,2-3,6,8-12,14H2,1H3. The van der Waals surface area contributed by atoms with E-state index in [0.29, 0.717) is 0 Å². The van der Waals surface area contributed by atoms with Crippen LogP contribution in [-0.2, 0) is 6.54 Å². The van der Waals surface area contributed by atoms with E-state index in [1.54, 1.807) is 0 Å². The van der Waals surface area contributed by atoms with Crippen molar-refractivity contribution in [1.29, 1.82) is 0 Å². The fourth-order valence-electron chi connectivity index (χ4n) is 4.01. The first-order valence-corrected chi connectivity index (χ1v) is 8.47. The molecule has 1 N–H and O–H groups in total.